The molecule has 2 amide bonds. The number of nitrogens with two attached hydrogens (primary N) is 1. The normalized spacial score (nSPS) is 32.2. The van der Waals surface area contributed by atoms with Crippen molar-refractivity contribution in [2.45, 2.75) is 50.4 Å². The number of aromatic hydroxyl groups is 1. The van der Waals surface area contributed by atoms with Crippen molar-refractivity contribution in [3.8, 4) is 5.75 Å². The maximum Gasteiger partial charge on any atom is 0.256 e. The number of carbonyl (C=O) groups is 5. The number of carbonyl (C=O) groups excluding carboxylic acids is 5. The van der Waals surface area contributed by atoms with Gasteiger partial charge in [-0.1, -0.05) is 0 Å². The van der Waals surface area contributed by atoms with Crippen LogP contribution in [0.2, 0.25) is 0 Å². The molecule has 1 spiro atoms. The molecule has 2 saturated carbocycles. The molecule has 1 aromatic carbocycles. The van der Waals surface area contributed by atoms with E-state index in [9.17, 15) is 44.4 Å². The van der Waals surface area contributed by atoms with Crippen LogP contribution >= 0.6 is 0 Å². The molecule has 0 saturated heterocycles. The number of hydrogen-bond acceptors (Lipinski definition) is 11. The number of phenols is 1. The molecule has 40 heavy (non-hydrogen) atoms. The summed E-state index contributed by atoms with van der Waals surface area (Å²) in [6, 6.07) is 1.48. The Kier molecular flexibility index (Phi) is 5.63. The zero-order chi connectivity index (χ0) is 29.9. The van der Waals surface area contributed by atoms with Gasteiger partial charge < -0.3 is 41.7 Å². The average molecular weight is 557 g/mol. The van der Waals surface area contributed by atoms with E-state index in [1.807, 2.05) is 20.8 Å². The summed E-state index contributed by atoms with van der Waals surface area (Å²) in [6.45, 7) is 5.45. The van der Waals surface area contributed by atoms with Crippen molar-refractivity contribution in [1.29, 1.82) is 0 Å². The fourth-order valence-corrected chi connectivity index (χ4v) is 7.16. The monoisotopic (exact) mass is 556 g/mol. The number of nitrogens with zero attached hydrogens (tertiary/aromatic N) is 1. The Morgan fingerprint density at radius 1 is 1.12 bits per heavy atom. The maximum atomic E-state index is 14.4. The zero-order valence-corrected chi connectivity index (χ0v) is 22.7. The molecule has 5 atom stereocenters. The average Bonchev–Trinajstić information content (AvgIpc) is 3.18. The second kappa shape index (κ2) is 8.12. The number of amides is 2. The van der Waals surface area contributed by atoms with Gasteiger partial charge in [-0.15, -0.1) is 0 Å². The van der Waals surface area contributed by atoms with E-state index in [0.29, 0.717) is 11.3 Å². The number of nitrogens with one attached hydrogen (secondary N) is 2. The van der Waals surface area contributed by atoms with Gasteiger partial charge >= 0.3 is 0 Å². The number of fused-ring (bicyclic) bond motifs is 1. The van der Waals surface area contributed by atoms with Crippen LogP contribution in [-0.4, -0.2) is 87.0 Å². The number of hydrogen-bond donors (Lipinski definition) is 7. The van der Waals surface area contributed by atoms with E-state index in [1.54, 1.807) is 19.0 Å². The summed E-state index contributed by atoms with van der Waals surface area (Å²) in [7, 11) is 3.35. The van der Waals surface area contributed by atoms with Gasteiger partial charge in [0.25, 0.3) is 5.91 Å². The summed E-state index contributed by atoms with van der Waals surface area (Å²) >= 11 is 0. The molecule has 1 unspecified atom stereocenters. The predicted molar refractivity (Wildman–Crippen MR) is 140 cm³/mol. The molecule has 2 fully saturated rings. The predicted octanol–water partition coefficient (Wildman–Crippen LogP) is -0.929. The minimum absolute atomic E-state index is 0.0596. The van der Waals surface area contributed by atoms with Crippen molar-refractivity contribution in [2.75, 3.05) is 30.9 Å². The number of aliphatic hydroxyl groups is 3. The minimum atomic E-state index is -2.97. The molecule has 0 radical (unpaired) electrons. The van der Waals surface area contributed by atoms with E-state index in [2.05, 4.69) is 10.6 Å². The first-order valence-electron chi connectivity index (χ1n) is 12.8. The van der Waals surface area contributed by atoms with Crippen LogP contribution in [0.25, 0.3) is 0 Å². The maximum absolute atomic E-state index is 14.4. The third kappa shape index (κ3) is 3.05. The first-order valence-corrected chi connectivity index (χ1v) is 12.8. The lowest BCUT2D eigenvalue weighted by Gasteiger charge is -2.43. The first-order chi connectivity index (χ1) is 18.4. The van der Waals surface area contributed by atoms with Crippen LogP contribution in [0.1, 0.15) is 43.1 Å². The van der Waals surface area contributed by atoms with Crippen LogP contribution in [0.15, 0.2) is 17.4 Å². The van der Waals surface area contributed by atoms with Crippen molar-refractivity contribution >= 4 is 40.5 Å². The quantitative estimate of drug-likeness (QED) is 0.133. The number of rotatable bonds is 5. The van der Waals surface area contributed by atoms with Gasteiger partial charge in [0.05, 0.1) is 17.8 Å². The summed E-state index contributed by atoms with van der Waals surface area (Å²) in [4.78, 5) is 67.9. The Bertz CT molecular complexity index is 1470. The van der Waals surface area contributed by atoms with Crippen LogP contribution in [0.4, 0.5) is 11.4 Å². The molecule has 1 aromatic rings. The van der Waals surface area contributed by atoms with Gasteiger partial charge in [0, 0.05) is 31.2 Å². The molecule has 13 heteroatoms. The molecular formula is C27H32N4O9. The number of primary amides is 1. The third-order valence-electron chi connectivity index (χ3n) is 8.82. The molecule has 0 heterocycles. The van der Waals surface area contributed by atoms with Crippen LogP contribution in [0, 0.1) is 17.3 Å². The summed E-state index contributed by atoms with van der Waals surface area (Å²) in [6.07, 6.45) is -0.272. The van der Waals surface area contributed by atoms with Gasteiger partial charge in [0.1, 0.15) is 28.1 Å². The zero-order valence-electron chi connectivity index (χ0n) is 22.7. The number of phenolic OH excluding ortho intramolecular Hbond substituents is 1. The highest BCUT2D eigenvalue weighted by molar-refractivity contribution is 6.37. The Hall–Kier alpha value is -3.81. The second-order valence-electron chi connectivity index (χ2n) is 12.3. The summed E-state index contributed by atoms with van der Waals surface area (Å²) in [5, 5.41) is 51.2. The molecule has 13 nitrogen and oxygen atoms in total. The molecule has 214 valence electrons. The van der Waals surface area contributed by atoms with Gasteiger partial charge in [-0.25, -0.2) is 0 Å². The highest BCUT2D eigenvalue weighted by Crippen LogP contribution is 2.73. The molecule has 0 aromatic heterocycles. The molecule has 4 aliphatic rings. The summed E-state index contributed by atoms with van der Waals surface area (Å²) in [5.74, 6) is -10.5. The van der Waals surface area contributed by atoms with Crippen molar-refractivity contribution < 1.29 is 44.4 Å². The minimum Gasteiger partial charge on any atom is -0.508 e. The van der Waals surface area contributed by atoms with E-state index in [0.717, 1.165) is 0 Å². The van der Waals surface area contributed by atoms with Gasteiger partial charge in [0.15, 0.2) is 17.2 Å². The van der Waals surface area contributed by atoms with E-state index < -0.39 is 80.3 Å². The highest BCUT2D eigenvalue weighted by atomic mass is 16.4. The third-order valence-corrected chi connectivity index (χ3v) is 8.82. The molecule has 4 bridgehead atoms. The molecular weight excluding hydrogens is 524 g/mol. The smallest absolute Gasteiger partial charge is 0.256 e. The molecule has 0 aliphatic heterocycles. The number of Topliss-reactive ketones (excluding diaryl/α,β-unsaturated/α-hetero) is 3. The van der Waals surface area contributed by atoms with E-state index >= 15 is 0 Å². The largest absolute Gasteiger partial charge is 0.508 e. The summed E-state index contributed by atoms with van der Waals surface area (Å²) < 4.78 is 0. The van der Waals surface area contributed by atoms with Gasteiger partial charge in [0.2, 0.25) is 11.7 Å². The van der Waals surface area contributed by atoms with E-state index in [4.69, 9.17) is 5.73 Å². The van der Waals surface area contributed by atoms with Crippen molar-refractivity contribution in [2.24, 2.45) is 23.0 Å². The number of benzene rings is 1. The highest BCUT2D eigenvalue weighted by Gasteiger charge is 2.90. The van der Waals surface area contributed by atoms with Gasteiger partial charge in [-0.2, -0.15) is 0 Å². The molecule has 4 aliphatic carbocycles. The van der Waals surface area contributed by atoms with Gasteiger partial charge in [-0.3, -0.25) is 24.0 Å². The first kappa shape index (κ1) is 27.7. The standard InChI is InChI=1S/C27H32N4O9/c1-24(2,3)29-9-15(32)30-12-8-13(31(4)5)11-6-10-7-14-26(39)20(35)17(22(28)37)21(36)27(14,40)25(10,23(26)38)19(34)16(11)18(12)33/h8,10,14,29,33,36,39-40H,6-7,9H2,1-5H3,(H2,28,37)(H,30,32)/t10-,14?,25+,26+,27-/m0/s1. The van der Waals surface area contributed by atoms with Crippen LogP contribution in [0.3, 0.4) is 0 Å². The number of aliphatic hydroxyl groups excluding tert-OH is 1. The number of anilines is 2. The van der Waals surface area contributed by atoms with Gasteiger partial charge in [-0.05, 0) is 51.2 Å². The fraction of sp³-hybridized carbons (Fsp3) is 0.519. The second-order valence-corrected chi connectivity index (χ2v) is 12.3. The van der Waals surface area contributed by atoms with Crippen molar-refractivity contribution in [3.63, 3.8) is 0 Å². The van der Waals surface area contributed by atoms with Crippen LogP contribution in [0.5, 0.6) is 5.75 Å². The Morgan fingerprint density at radius 3 is 2.30 bits per heavy atom. The molecule has 8 N–H and O–H groups in total. The van der Waals surface area contributed by atoms with Crippen molar-refractivity contribution in [3.05, 3.63) is 28.5 Å². The van der Waals surface area contributed by atoms with E-state index in [1.165, 1.54) is 6.07 Å². The summed E-state index contributed by atoms with van der Waals surface area (Å²) in [5.41, 5.74) is -4.44. The number of ketones is 3. The van der Waals surface area contributed by atoms with Crippen LogP contribution < -0.4 is 21.3 Å². The Morgan fingerprint density at radius 2 is 1.75 bits per heavy atom. The lowest BCUT2D eigenvalue weighted by Crippen LogP contribution is -2.60. The van der Waals surface area contributed by atoms with E-state index in [-0.39, 0.29) is 30.6 Å². The van der Waals surface area contributed by atoms with Crippen molar-refractivity contribution in [1.82, 2.24) is 5.32 Å². The lowest BCUT2D eigenvalue weighted by atomic mass is 9.58. The Balaban J connectivity index is 1.71. The molecule has 5 rings (SSSR count). The van der Waals surface area contributed by atoms with Crippen LogP contribution in [-0.2, 0) is 25.6 Å². The Labute approximate surface area is 229 Å². The SMILES string of the molecule is CN(C)c1cc(NC(=O)CNC(C)(C)C)c(O)c2c1C[C@H]1CC3[C@@]4(O)C(=O)C(C(N)=O)=C(O)[C@]3(O)[C@]1(C2=O)C4=O. The topological polar surface area (TPSA) is 220 Å². The fourth-order valence-electron chi connectivity index (χ4n) is 7.16. The lowest BCUT2D eigenvalue weighted by molar-refractivity contribution is -0.158.